The number of nitrogens with one attached hydrogen (secondary N) is 1. The summed E-state index contributed by atoms with van der Waals surface area (Å²) < 4.78 is 11.3. The Labute approximate surface area is 176 Å². The largest absolute Gasteiger partial charge is 0.493 e. The number of aromatic amines is 1. The highest BCUT2D eigenvalue weighted by Crippen LogP contribution is 2.31. The third kappa shape index (κ3) is 3.87. The molecule has 0 bridgehead atoms. The standard InChI is InChI=1S/C20H17ClN6O3/c1-12-15(19(28)27(24-12)20-22-25-26-23-20)9-13-7-8-17(29-2)18(10-13)30-11-14-5-3-4-6-16(14)21/h3-10H,11H2,1-2H3,(H,22,23,25,26)/b15-9-. The van der Waals surface area contributed by atoms with Gasteiger partial charge in [0.25, 0.3) is 11.9 Å². The predicted molar refractivity (Wildman–Crippen MR) is 112 cm³/mol. The molecule has 10 heteroatoms. The molecule has 1 aromatic heterocycles. The summed E-state index contributed by atoms with van der Waals surface area (Å²) in [5, 5.41) is 19.3. The molecular weight excluding hydrogens is 408 g/mol. The van der Waals surface area contributed by atoms with Crippen molar-refractivity contribution >= 4 is 35.2 Å². The van der Waals surface area contributed by atoms with E-state index in [4.69, 9.17) is 21.1 Å². The Kier molecular flexibility index (Phi) is 5.44. The van der Waals surface area contributed by atoms with E-state index in [9.17, 15) is 4.79 Å². The Morgan fingerprint density at radius 2 is 2.03 bits per heavy atom. The number of carbonyl (C=O) groups is 1. The van der Waals surface area contributed by atoms with E-state index < -0.39 is 0 Å². The van der Waals surface area contributed by atoms with Gasteiger partial charge in [-0.15, -0.1) is 5.10 Å². The number of aromatic nitrogens is 4. The number of amides is 1. The Morgan fingerprint density at radius 3 is 2.77 bits per heavy atom. The summed E-state index contributed by atoms with van der Waals surface area (Å²) in [6.45, 7) is 2.02. The molecule has 152 valence electrons. The average molecular weight is 425 g/mol. The molecule has 0 radical (unpaired) electrons. The number of hydrogen-bond acceptors (Lipinski definition) is 7. The highest BCUT2D eigenvalue weighted by molar-refractivity contribution is 6.32. The minimum Gasteiger partial charge on any atom is -0.493 e. The normalized spacial score (nSPS) is 14.9. The zero-order valence-corrected chi connectivity index (χ0v) is 16.9. The van der Waals surface area contributed by atoms with Crippen molar-refractivity contribution in [1.29, 1.82) is 0 Å². The van der Waals surface area contributed by atoms with Gasteiger partial charge < -0.3 is 9.47 Å². The maximum absolute atomic E-state index is 12.7. The lowest BCUT2D eigenvalue weighted by atomic mass is 10.1. The van der Waals surface area contributed by atoms with Gasteiger partial charge in [-0.05, 0) is 42.0 Å². The molecule has 1 aliphatic heterocycles. The Balaban J connectivity index is 1.59. The summed E-state index contributed by atoms with van der Waals surface area (Å²) in [5.41, 5.74) is 2.56. The Hall–Kier alpha value is -3.72. The number of ether oxygens (including phenoxy) is 2. The van der Waals surface area contributed by atoms with Crippen LogP contribution in [0.15, 0.2) is 53.1 Å². The molecule has 3 aromatic rings. The van der Waals surface area contributed by atoms with E-state index in [2.05, 4.69) is 25.7 Å². The molecule has 1 amide bonds. The number of hydrazone groups is 1. The van der Waals surface area contributed by atoms with Crippen LogP contribution in [-0.4, -0.2) is 39.4 Å². The average Bonchev–Trinajstić information content (AvgIpc) is 3.37. The van der Waals surface area contributed by atoms with Gasteiger partial charge in [-0.1, -0.05) is 41.0 Å². The molecule has 30 heavy (non-hydrogen) atoms. The Bertz CT molecular complexity index is 1140. The Morgan fingerprint density at radius 1 is 1.20 bits per heavy atom. The lowest BCUT2D eigenvalue weighted by Crippen LogP contribution is -2.22. The molecule has 1 N–H and O–H groups in total. The van der Waals surface area contributed by atoms with E-state index in [-0.39, 0.29) is 18.5 Å². The lowest BCUT2D eigenvalue weighted by Gasteiger charge is -2.12. The highest BCUT2D eigenvalue weighted by atomic mass is 35.5. The zero-order valence-electron chi connectivity index (χ0n) is 16.2. The predicted octanol–water partition coefficient (Wildman–Crippen LogP) is 3.25. The number of rotatable bonds is 6. The van der Waals surface area contributed by atoms with Crippen molar-refractivity contribution in [2.45, 2.75) is 13.5 Å². The second kappa shape index (κ2) is 8.34. The third-order valence-corrected chi connectivity index (χ3v) is 4.79. The van der Waals surface area contributed by atoms with E-state index >= 15 is 0 Å². The van der Waals surface area contributed by atoms with Crippen LogP contribution in [0.1, 0.15) is 18.1 Å². The van der Waals surface area contributed by atoms with E-state index in [1.807, 2.05) is 30.3 Å². The first-order valence-corrected chi connectivity index (χ1v) is 9.34. The fourth-order valence-corrected chi connectivity index (χ4v) is 3.09. The number of H-pyrrole nitrogens is 1. The summed E-state index contributed by atoms with van der Waals surface area (Å²) >= 11 is 6.20. The van der Waals surface area contributed by atoms with Crippen LogP contribution < -0.4 is 14.5 Å². The van der Waals surface area contributed by atoms with Crippen LogP contribution in [-0.2, 0) is 11.4 Å². The number of anilines is 1. The van der Waals surface area contributed by atoms with Gasteiger partial charge in [0.05, 0.1) is 18.4 Å². The molecule has 2 aromatic carbocycles. The number of benzene rings is 2. The molecule has 9 nitrogen and oxygen atoms in total. The van der Waals surface area contributed by atoms with Gasteiger partial charge in [-0.3, -0.25) is 4.79 Å². The van der Waals surface area contributed by atoms with Crippen LogP contribution >= 0.6 is 11.6 Å². The number of nitrogens with zero attached hydrogens (tertiary/aromatic N) is 5. The summed E-state index contributed by atoms with van der Waals surface area (Å²) in [4.78, 5) is 12.7. The first kappa shape index (κ1) is 19.6. The third-order valence-electron chi connectivity index (χ3n) is 4.43. The van der Waals surface area contributed by atoms with Gasteiger partial charge in [-0.2, -0.15) is 15.3 Å². The van der Waals surface area contributed by atoms with Crippen molar-refractivity contribution in [3.05, 3.63) is 64.2 Å². The molecule has 1 aliphatic rings. The zero-order chi connectivity index (χ0) is 21.1. The quantitative estimate of drug-likeness (QED) is 0.609. The van der Waals surface area contributed by atoms with Gasteiger partial charge in [-0.25, -0.2) is 0 Å². The van der Waals surface area contributed by atoms with Gasteiger partial charge in [0.1, 0.15) is 6.61 Å². The summed E-state index contributed by atoms with van der Waals surface area (Å²) in [5.74, 6) is 0.840. The van der Waals surface area contributed by atoms with Gasteiger partial charge in [0, 0.05) is 10.6 Å². The van der Waals surface area contributed by atoms with E-state index in [0.717, 1.165) is 16.1 Å². The molecule has 0 saturated carbocycles. The summed E-state index contributed by atoms with van der Waals surface area (Å²) in [7, 11) is 1.57. The van der Waals surface area contributed by atoms with E-state index in [0.29, 0.717) is 27.8 Å². The number of halogens is 1. The van der Waals surface area contributed by atoms with Crippen molar-refractivity contribution in [2.24, 2.45) is 5.10 Å². The molecule has 4 rings (SSSR count). The van der Waals surface area contributed by atoms with E-state index in [1.165, 1.54) is 0 Å². The fourth-order valence-electron chi connectivity index (χ4n) is 2.90. The van der Waals surface area contributed by atoms with Crippen LogP contribution in [0.5, 0.6) is 11.5 Å². The second-order valence-electron chi connectivity index (χ2n) is 6.36. The van der Waals surface area contributed by atoms with Crippen LogP contribution in [0.25, 0.3) is 6.08 Å². The van der Waals surface area contributed by atoms with Crippen LogP contribution in [0, 0.1) is 0 Å². The minimum atomic E-state index is -0.344. The molecule has 2 heterocycles. The molecular formula is C20H17ClN6O3. The molecule has 0 spiro atoms. The van der Waals surface area contributed by atoms with E-state index in [1.54, 1.807) is 32.2 Å². The van der Waals surface area contributed by atoms with Gasteiger partial charge in [0.15, 0.2) is 11.5 Å². The highest BCUT2D eigenvalue weighted by Gasteiger charge is 2.31. The molecule has 0 atom stereocenters. The number of carbonyl (C=O) groups excluding carboxylic acids is 1. The molecule has 0 fully saturated rings. The van der Waals surface area contributed by atoms with Crippen molar-refractivity contribution in [1.82, 2.24) is 20.6 Å². The monoisotopic (exact) mass is 424 g/mol. The lowest BCUT2D eigenvalue weighted by molar-refractivity contribution is -0.114. The first-order chi connectivity index (χ1) is 14.6. The van der Waals surface area contributed by atoms with Crippen LogP contribution in [0.3, 0.4) is 0 Å². The van der Waals surface area contributed by atoms with Crippen molar-refractivity contribution < 1.29 is 14.3 Å². The topological polar surface area (TPSA) is 106 Å². The minimum absolute atomic E-state index is 0.0845. The summed E-state index contributed by atoms with van der Waals surface area (Å²) in [6.07, 6.45) is 1.73. The first-order valence-electron chi connectivity index (χ1n) is 8.96. The second-order valence-corrected chi connectivity index (χ2v) is 6.77. The van der Waals surface area contributed by atoms with Gasteiger partial charge in [0.2, 0.25) is 0 Å². The number of methoxy groups -OCH3 is 1. The van der Waals surface area contributed by atoms with Crippen LogP contribution in [0.4, 0.5) is 5.95 Å². The molecule has 0 aliphatic carbocycles. The number of tetrazole rings is 1. The SMILES string of the molecule is COc1ccc(/C=C2\C(=O)N(c3nn[nH]n3)N=C2C)cc1OCc1ccccc1Cl. The molecule has 0 unspecified atom stereocenters. The maximum atomic E-state index is 12.7. The molecule has 0 saturated heterocycles. The fraction of sp³-hybridized carbons (Fsp3) is 0.150. The number of hydrogen-bond donors (Lipinski definition) is 1. The van der Waals surface area contributed by atoms with Crippen molar-refractivity contribution in [2.75, 3.05) is 12.1 Å². The smallest absolute Gasteiger partial charge is 0.293 e. The summed E-state index contributed by atoms with van der Waals surface area (Å²) in [6, 6.07) is 12.8. The van der Waals surface area contributed by atoms with Crippen molar-refractivity contribution in [3.8, 4) is 11.5 Å². The van der Waals surface area contributed by atoms with Crippen LogP contribution in [0.2, 0.25) is 5.02 Å². The van der Waals surface area contributed by atoms with Gasteiger partial charge >= 0.3 is 0 Å². The van der Waals surface area contributed by atoms with Crippen molar-refractivity contribution in [3.63, 3.8) is 0 Å². The maximum Gasteiger partial charge on any atom is 0.293 e.